The van der Waals surface area contributed by atoms with E-state index < -0.39 is 9.84 Å². The summed E-state index contributed by atoms with van der Waals surface area (Å²) in [6.07, 6.45) is 0. The predicted octanol–water partition coefficient (Wildman–Crippen LogP) is 0.793. The Hall–Kier alpha value is -1.05. The maximum absolute atomic E-state index is 12.3. The van der Waals surface area contributed by atoms with Crippen molar-refractivity contribution in [2.45, 2.75) is 4.90 Å². The molecule has 1 aromatic rings. The quantitative estimate of drug-likeness (QED) is 0.620. The third kappa shape index (κ3) is 3.97. The lowest BCUT2D eigenvalue weighted by Gasteiger charge is -2.25. The molecule has 3 N–H and O–H groups in total. The first-order valence-corrected chi connectivity index (χ1v) is 9.27. The zero-order chi connectivity index (χ0) is 14.6. The highest BCUT2D eigenvalue weighted by Crippen LogP contribution is 2.15. The van der Waals surface area contributed by atoms with Crippen molar-refractivity contribution in [3.63, 3.8) is 0 Å². The van der Waals surface area contributed by atoms with Crippen LogP contribution in [-0.2, 0) is 9.84 Å². The molecule has 0 radical (unpaired) electrons. The molecule has 0 spiro atoms. The van der Waals surface area contributed by atoms with Gasteiger partial charge in [0.05, 0.1) is 10.6 Å². The standard InChI is InChI=1S/C13H19N3O2S2/c14-13(15)11-2-1-3-12(10-11)20(17,18)9-6-16-4-7-19-8-5-16/h1-3,10H,4-9H2,(H3,14,15). The minimum absolute atomic E-state index is 0.110. The molecular weight excluding hydrogens is 294 g/mol. The molecule has 0 aromatic heterocycles. The molecule has 0 bridgehead atoms. The van der Waals surface area contributed by atoms with Gasteiger partial charge in [-0.3, -0.25) is 5.41 Å². The number of hydrogen-bond acceptors (Lipinski definition) is 5. The van der Waals surface area contributed by atoms with E-state index in [1.807, 2.05) is 11.8 Å². The summed E-state index contributed by atoms with van der Waals surface area (Å²) in [5.74, 6) is 2.13. The lowest BCUT2D eigenvalue weighted by Crippen LogP contribution is -2.36. The molecule has 5 nitrogen and oxygen atoms in total. The third-order valence-electron chi connectivity index (χ3n) is 3.28. The summed E-state index contributed by atoms with van der Waals surface area (Å²) in [5.41, 5.74) is 5.84. The molecule has 0 unspecified atom stereocenters. The number of nitrogen functional groups attached to an aromatic ring is 1. The van der Waals surface area contributed by atoms with Crippen molar-refractivity contribution in [2.24, 2.45) is 5.73 Å². The smallest absolute Gasteiger partial charge is 0.179 e. The van der Waals surface area contributed by atoms with Crippen molar-refractivity contribution in [3.05, 3.63) is 29.8 Å². The number of benzene rings is 1. The lowest BCUT2D eigenvalue weighted by atomic mass is 10.2. The van der Waals surface area contributed by atoms with E-state index in [0.29, 0.717) is 12.1 Å². The fourth-order valence-corrected chi connectivity index (χ4v) is 4.35. The summed E-state index contributed by atoms with van der Waals surface area (Å²) in [6.45, 7) is 2.47. The van der Waals surface area contributed by atoms with E-state index in [0.717, 1.165) is 24.6 Å². The van der Waals surface area contributed by atoms with Crippen LogP contribution in [0.2, 0.25) is 0 Å². The van der Waals surface area contributed by atoms with Gasteiger partial charge < -0.3 is 10.6 Å². The predicted molar refractivity (Wildman–Crippen MR) is 83.3 cm³/mol. The first-order valence-electron chi connectivity index (χ1n) is 6.46. The van der Waals surface area contributed by atoms with Crippen LogP contribution in [0.1, 0.15) is 5.56 Å². The van der Waals surface area contributed by atoms with E-state index in [4.69, 9.17) is 11.1 Å². The van der Waals surface area contributed by atoms with Gasteiger partial charge in [-0.15, -0.1) is 0 Å². The Morgan fingerprint density at radius 2 is 2.05 bits per heavy atom. The van der Waals surface area contributed by atoms with Crippen LogP contribution in [-0.4, -0.2) is 56.0 Å². The molecule has 1 fully saturated rings. The summed E-state index contributed by atoms with van der Waals surface area (Å²) in [4.78, 5) is 2.43. The zero-order valence-corrected chi connectivity index (χ0v) is 12.8. The van der Waals surface area contributed by atoms with E-state index in [1.54, 1.807) is 18.2 Å². The van der Waals surface area contributed by atoms with Crippen LogP contribution < -0.4 is 5.73 Å². The minimum Gasteiger partial charge on any atom is -0.384 e. The topological polar surface area (TPSA) is 87.2 Å². The molecule has 20 heavy (non-hydrogen) atoms. The normalized spacial score (nSPS) is 17.0. The number of rotatable bonds is 5. The third-order valence-corrected chi connectivity index (χ3v) is 5.92. The summed E-state index contributed by atoms with van der Waals surface area (Å²) in [5, 5.41) is 7.37. The number of hydrogen-bond donors (Lipinski definition) is 2. The van der Waals surface area contributed by atoms with Crippen LogP contribution in [0, 0.1) is 5.41 Å². The molecule has 0 saturated carbocycles. The van der Waals surface area contributed by atoms with Gasteiger partial charge in [0.1, 0.15) is 5.84 Å². The zero-order valence-electron chi connectivity index (χ0n) is 11.2. The Morgan fingerprint density at radius 3 is 2.70 bits per heavy atom. The number of nitrogens with two attached hydrogens (primary N) is 1. The second-order valence-electron chi connectivity index (χ2n) is 4.71. The van der Waals surface area contributed by atoms with Crippen molar-refractivity contribution in [2.75, 3.05) is 36.9 Å². The summed E-state index contributed by atoms with van der Waals surface area (Å²) in [7, 11) is -3.32. The van der Waals surface area contributed by atoms with Crippen LogP contribution >= 0.6 is 11.8 Å². The highest BCUT2D eigenvalue weighted by Gasteiger charge is 2.18. The van der Waals surface area contributed by atoms with Gasteiger partial charge in [0.25, 0.3) is 0 Å². The molecule has 7 heteroatoms. The first kappa shape index (κ1) is 15.3. The molecular formula is C13H19N3O2S2. The maximum atomic E-state index is 12.3. The van der Waals surface area contributed by atoms with Gasteiger partial charge in [0.2, 0.25) is 0 Å². The van der Waals surface area contributed by atoms with Gasteiger partial charge in [0, 0.05) is 36.7 Å². The summed E-state index contributed by atoms with van der Waals surface area (Å²) < 4.78 is 24.6. The van der Waals surface area contributed by atoms with Crippen LogP contribution in [0.25, 0.3) is 0 Å². The molecule has 2 rings (SSSR count). The molecule has 1 saturated heterocycles. The van der Waals surface area contributed by atoms with Crippen LogP contribution in [0.4, 0.5) is 0 Å². The highest BCUT2D eigenvalue weighted by molar-refractivity contribution is 7.99. The van der Waals surface area contributed by atoms with Gasteiger partial charge >= 0.3 is 0 Å². The molecule has 1 aliphatic heterocycles. The fraction of sp³-hybridized carbons (Fsp3) is 0.462. The molecule has 1 aromatic carbocycles. The van der Waals surface area contributed by atoms with E-state index in [9.17, 15) is 8.42 Å². The van der Waals surface area contributed by atoms with Gasteiger partial charge in [-0.2, -0.15) is 11.8 Å². The van der Waals surface area contributed by atoms with E-state index in [2.05, 4.69) is 4.90 Å². The molecule has 1 aliphatic rings. The number of sulfone groups is 1. The Labute approximate surface area is 124 Å². The highest BCUT2D eigenvalue weighted by atomic mass is 32.2. The van der Waals surface area contributed by atoms with Crippen molar-refractivity contribution in [3.8, 4) is 0 Å². The molecule has 0 aliphatic carbocycles. The van der Waals surface area contributed by atoms with Crippen molar-refractivity contribution < 1.29 is 8.42 Å². The summed E-state index contributed by atoms with van der Waals surface area (Å²) >= 11 is 1.90. The first-order chi connectivity index (χ1) is 9.49. The molecule has 110 valence electrons. The van der Waals surface area contributed by atoms with Crippen molar-refractivity contribution >= 4 is 27.4 Å². The monoisotopic (exact) mass is 313 g/mol. The van der Waals surface area contributed by atoms with E-state index >= 15 is 0 Å². The van der Waals surface area contributed by atoms with Crippen LogP contribution in [0.3, 0.4) is 0 Å². The number of nitrogens with one attached hydrogen (secondary N) is 1. The SMILES string of the molecule is N=C(N)c1cccc(S(=O)(=O)CCN2CCSCC2)c1. The number of nitrogens with zero attached hydrogens (tertiary/aromatic N) is 1. The molecule has 0 amide bonds. The van der Waals surface area contributed by atoms with Gasteiger partial charge in [-0.25, -0.2) is 8.42 Å². The number of thioether (sulfide) groups is 1. The second-order valence-corrected chi connectivity index (χ2v) is 8.05. The van der Waals surface area contributed by atoms with Crippen LogP contribution in [0.5, 0.6) is 0 Å². The van der Waals surface area contributed by atoms with E-state index in [-0.39, 0.29) is 16.5 Å². The van der Waals surface area contributed by atoms with Crippen molar-refractivity contribution in [1.29, 1.82) is 5.41 Å². The molecule has 0 atom stereocenters. The van der Waals surface area contributed by atoms with Gasteiger partial charge in [0.15, 0.2) is 9.84 Å². The Morgan fingerprint density at radius 1 is 1.35 bits per heavy atom. The van der Waals surface area contributed by atoms with Gasteiger partial charge in [-0.1, -0.05) is 12.1 Å². The Kier molecular flexibility index (Phi) is 5.06. The Bertz CT molecular complexity index is 581. The Balaban J connectivity index is 2.05. The van der Waals surface area contributed by atoms with E-state index in [1.165, 1.54) is 6.07 Å². The van der Waals surface area contributed by atoms with Crippen molar-refractivity contribution in [1.82, 2.24) is 4.90 Å². The minimum atomic E-state index is -3.32. The van der Waals surface area contributed by atoms with Crippen LogP contribution in [0.15, 0.2) is 29.2 Å². The largest absolute Gasteiger partial charge is 0.384 e. The fourth-order valence-electron chi connectivity index (χ4n) is 2.05. The lowest BCUT2D eigenvalue weighted by molar-refractivity contribution is 0.320. The average molecular weight is 313 g/mol. The maximum Gasteiger partial charge on any atom is 0.179 e. The average Bonchev–Trinajstić information content (AvgIpc) is 2.46. The summed E-state index contributed by atoms with van der Waals surface area (Å²) in [6, 6.07) is 6.31. The second kappa shape index (κ2) is 6.60. The number of amidine groups is 1. The molecule has 1 heterocycles. The van der Waals surface area contributed by atoms with Gasteiger partial charge in [-0.05, 0) is 12.1 Å².